The van der Waals surface area contributed by atoms with E-state index in [1.807, 2.05) is 0 Å². The molecule has 22 heavy (non-hydrogen) atoms. The molecule has 0 unspecified atom stereocenters. The van der Waals surface area contributed by atoms with Crippen LogP contribution < -0.4 is 5.32 Å². The van der Waals surface area contributed by atoms with E-state index in [0.29, 0.717) is 6.10 Å². The maximum absolute atomic E-state index is 12.8. The third-order valence-corrected chi connectivity index (χ3v) is 5.83. The molecule has 0 atom stereocenters. The van der Waals surface area contributed by atoms with Crippen LogP contribution in [0.25, 0.3) is 0 Å². The Morgan fingerprint density at radius 2 is 1.73 bits per heavy atom. The van der Waals surface area contributed by atoms with E-state index in [-0.39, 0.29) is 11.4 Å². The quantitative estimate of drug-likeness (QED) is 0.735. The molecule has 0 aromatic heterocycles. The third kappa shape index (κ3) is 3.65. The second-order valence-electron chi connectivity index (χ2n) is 7.32. The summed E-state index contributed by atoms with van der Waals surface area (Å²) >= 11 is 0. The van der Waals surface area contributed by atoms with E-state index >= 15 is 0 Å². The fourth-order valence-corrected chi connectivity index (χ4v) is 4.54. The molecule has 0 radical (unpaired) electrons. The van der Waals surface area contributed by atoms with E-state index in [4.69, 9.17) is 4.74 Å². The Hall–Kier alpha value is -0.610. The summed E-state index contributed by atoms with van der Waals surface area (Å²) in [4.78, 5) is 15.2. The van der Waals surface area contributed by atoms with Gasteiger partial charge >= 0.3 is 0 Å². The lowest BCUT2D eigenvalue weighted by atomic mass is 9.94. The highest BCUT2D eigenvalue weighted by atomic mass is 16.5. The van der Waals surface area contributed by atoms with Crippen LogP contribution in [0.5, 0.6) is 0 Å². The molecular formula is C18H32N2O2. The highest BCUT2D eigenvalue weighted by Gasteiger charge is 2.46. The van der Waals surface area contributed by atoms with Crippen molar-refractivity contribution in [1.82, 2.24) is 10.2 Å². The summed E-state index contributed by atoms with van der Waals surface area (Å²) in [6.45, 7) is 3.78. The molecule has 3 aliphatic rings. The van der Waals surface area contributed by atoms with Gasteiger partial charge in [0.25, 0.3) is 0 Å². The Labute approximate surface area is 135 Å². The Bertz CT molecular complexity index is 354. The van der Waals surface area contributed by atoms with E-state index in [1.54, 1.807) is 0 Å². The van der Waals surface area contributed by atoms with Crippen molar-refractivity contribution < 1.29 is 9.53 Å². The van der Waals surface area contributed by atoms with Gasteiger partial charge in [0, 0.05) is 13.2 Å². The summed E-state index contributed by atoms with van der Waals surface area (Å²) in [5, 5.41) is 3.21. The number of likely N-dealkylation sites (tertiary alicyclic amines) is 1. The Morgan fingerprint density at radius 1 is 1.05 bits per heavy atom. The topological polar surface area (TPSA) is 41.6 Å². The summed E-state index contributed by atoms with van der Waals surface area (Å²) < 4.78 is 5.87. The molecule has 1 amide bonds. The first-order valence-electron chi connectivity index (χ1n) is 9.46. The fraction of sp³-hybridized carbons (Fsp3) is 0.944. The molecule has 1 heterocycles. The Balaban J connectivity index is 1.39. The lowest BCUT2D eigenvalue weighted by molar-refractivity contribution is -0.132. The largest absolute Gasteiger partial charge is 0.378 e. The SMILES string of the molecule is O=C(NCCCOC1CCCC1)C1(N2CCCC2)CCCC1. The van der Waals surface area contributed by atoms with Crippen LogP contribution in [0.15, 0.2) is 0 Å². The van der Waals surface area contributed by atoms with Crippen molar-refractivity contribution >= 4 is 5.91 Å². The number of ether oxygens (including phenoxy) is 1. The van der Waals surface area contributed by atoms with Crippen LogP contribution in [0.1, 0.15) is 70.6 Å². The highest BCUT2D eigenvalue weighted by Crippen LogP contribution is 2.37. The van der Waals surface area contributed by atoms with E-state index in [1.165, 1.54) is 51.4 Å². The Kier molecular flexibility index (Phi) is 5.75. The van der Waals surface area contributed by atoms with E-state index in [2.05, 4.69) is 10.2 Å². The Morgan fingerprint density at radius 3 is 2.41 bits per heavy atom. The van der Waals surface area contributed by atoms with Gasteiger partial charge in [-0.2, -0.15) is 0 Å². The zero-order valence-electron chi connectivity index (χ0n) is 13.9. The maximum atomic E-state index is 12.8. The normalized spacial score (nSPS) is 25.8. The molecule has 126 valence electrons. The minimum absolute atomic E-state index is 0.178. The van der Waals surface area contributed by atoms with Gasteiger partial charge < -0.3 is 10.1 Å². The van der Waals surface area contributed by atoms with Crippen LogP contribution in [0.4, 0.5) is 0 Å². The number of carbonyl (C=O) groups is 1. The molecule has 3 rings (SSSR count). The maximum Gasteiger partial charge on any atom is 0.240 e. The van der Waals surface area contributed by atoms with E-state index in [0.717, 1.165) is 45.5 Å². The molecule has 2 saturated carbocycles. The van der Waals surface area contributed by atoms with Gasteiger partial charge in [0.1, 0.15) is 5.54 Å². The minimum Gasteiger partial charge on any atom is -0.378 e. The van der Waals surface area contributed by atoms with Gasteiger partial charge in [-0.05, 0) is 58.0 Å². The fourth-order valence-electron chi connectivity index (χ4n) is 4.54. The van der Waals surface area contributed by atoms with Gasteiger partial charge in [0.05, 0.1) is 6.10 Å². The van der Waals surface area contributed by atoms with Crippen molar-refractivity contribution in [3.05, 3.63) is 0 Å². The van der Waals surface area contributed by atoms with E-state index < -0.39 is 0 Å². The predicted molar refractivity (Wildman–Crippen MR) is 87.8 cm³/mol. The second-order valence-corrected chi connectivity index (χ2v) is 7.32. The lowest BCUT2D eigenvalue weighted by Crippen LogP contribution is -2.56. The number of nitrogens with zero attached hydrogens (tertiary/aromatic N) is 1. The van der Waals surface area contributed by atoms with Crippen molar-refractivity contribution in [3.63, 3.8) is 0 Å². The summed E-state index contributed by atoms with van der Waals surface area (Å²) in [5.41, 5.74) is -0.178. The van der Waals surface area contributed by atoms with Gasteiger partial charge in [-0.3, -0.25) is 9.69 Å². The molecular weight excluding hydrogens is 276 g/mol. The van der Waals surface area contributed by atoms with Crippen LogP contribution in [-0.2, 0) is 9.53 Å². The zero-order chi connectivity index (χ0) is 15.3. The number of hydrogen-bond acceptors (Lipinski definition) is 3. The highest BCUT2D eigenvalue weighted by molar-refractivity contribution is 5.86. The lowest BCUT2D eigenvalue weighted by Gasteiger charge is -2.37. The van der Waals surface area contributed by atoms with Crippen molar-refractivity contribution in [2.45, 2.75) is 82.3 Å². The summed E-state index contributed by atoms with van der Waals surface area (Å²) in [7, 11) is 0. The van der Waals surface area contributed by atoms with Crippen LogP contribution in [0, 0.1) is 0 Å². The number of carbonyl (C=O) groups excluding carboxylic acids is 1. The monoisotopic (exact) mass is 308 g/mol. The van der Waals surface area contributed by atoms with Crippen molar-refractivity contribution in [1.29, 1.82) is 0 Å². The van der Waals surface area contributed by atoms with Gasteiger partial charge in [0.15, 0.2) is 0 Å². The second kappa shape index (κ2) is 7.78. The van der Waals surface area contributed by atoms with Crippen molar-refractivity contribution in [3.8, 4) is 0 Å². The van der Waals surface area contributed by atoms with Crippen molar-refractivity contribution in [2.24, 2.45) is 0 Å². The molecule has 0 bridgehead atoms. The number of nitrogens with one attached hydrogen (secondary N) is 1. The molecule has 3 fully saturated rings. The van der Waals surface area contributed by atoms with Gasteiger partial charge in [0.2, 0.25) is 5.91 Å². The smallest absolute Gasteiger partial charge is 0.240 e. The van der Waals surface area contributed by atoms with Crippen molar-refractivity contribution in [2.75, 3.05) is 26.2 Å². The zero-order valence-corrected chi connectivity index (χ0v) is 13.9. The first-order chi connectivity index (χ1) is 10.8. The van der Waals surface area contributed by atoms with Gasteiger partial charge in [-0.1, -0.05) is 25.7 Å². The number of amides is 1. The average molecular weight is 308 g/mol. The van der Waals surface area contributed by atoms with Crippen LogP contribution in [-0.4, -0.2) is 48.7 Å². The molecule has 4 nitrogen and oxygen atoms in total. The summed E-state index contributed by atoms with van der Waals surface area (Å²) in [6.07, 6.45) is 13.5. The summed E-state index contributed by atoms with van der Waals surface area (Å²) in [5.74, 6) is 0.285. The predicted octanol–water partition coefficient (Wildman–Crippen LogP) is 2.86. The van der Waals surface area contributed by atoms with E-state index in [9.17, 15) is 4.79 Å². The molecule has 0 aromatic rings. The van der Waals surface area contributed by atoms with Gasteiger partial charge in [-0.15, -0.1) is 0 Å². The first kappa shape index (κ1) is 16.3. The number of rotatable bonds is 7. The third-order valence-electron chi connectivity index (χ3n) is 5.83. The molecule has 4 heteroatoms. The average Bonchev–Trinajstić information content (AvgIpc) is 3.27. The first-order valence-corrected chi connectivity index (χ1v) is 9.46. The molecule has 1 saturated heterocycles. The standard InChI is InChI=1S/C18H32N2O2/c21-17(19-12-7-15-22-16-8-1-2-9-16)18(10-3-4-11-18)20-13-5-6-14-20/h16H,1-15H2,(H,19,21). The van der Waals surface area contributed by atoms with Crippen LogP contribution >= 0.6 is 0 Å². The van der Waals surface area contributed by atoms with Crippen LogP contribution in [0.3, 0.4) is 0 Å². The molecule has 0 spiro atoms. The minimum atomic E-state index is -0.178. The number of hydrogen-bond donors (Lipinski definition) is 1. The summed E-state index contributed by atoms with van der Waals surface area (Å²) in [6, 6.07) is 0. The molecule has 2 aliphatic carbocycles. The van der Waals surface area contributed by atoms with Gasteiger partial charge in [-0.25, -0.2) is 0 Å². The molecule has 0 aromatic carbocycles. The van der Waals surface area contributed by atoms with Crippen LogP contribution in [0.2, 0.25) is 0 Å². The molecule has 1 N–H and O–H groups in total. The molecule has 1 aliphatic heterocycles.